The van der Waals surface area contributed by atoms with Gasteiger partial charge in [0.15, 0.2) is 0 Å². The summed E-state index contributed by atoms with van der Waals surface area (Å²) in [6, 6.07) is 16.4. The van der Waals surface area contributed by atoms with Crippen LogP contribution >= 0.6 is 0 Å². The van der Waals surface area contributed by atoms with Crippen LogP contribution in [0.4, 0.5) is 10.1 Å². The molecule has 0 aliphatic rings. The van der Waals surface area contributed by atoms with Crippen LogP contribution in [-0.2, 0) is 21.2 Å². The Bertz CT molecular complexity index is 1210. The third-order valence-electron chi connectivity index (χ3n) is 5.03. The van der Waals surface area contributed by atoms with Crippen molar-refractivity contribution in [1.82, 2.24) is 4.72 Å². The molecule has 0 heterocycles. The summed E-state index contributed by atoms with van der Waals surface area (Å²) in [6.45, 7) is 3.46. The lowest BCUT2D eigenvalue weighted by molar-refractivity contribution is -0.117. The predicted octanol–water partition coefficient (Wildman–Crippen LogP) is 3.98. The van der Waals surface area contributed by atoms with E-state index in [1.54, 1.807) is 38.1 Å². The second-order valence-corrected chi connectivity index (χ2v) is 9.16. The fraction of sp³-hybridized carbons (Fsp3) is 0.208. The van der Waals surface area contributed by atoms with Gasteiger partial charge >= 0.3 is 0 Å². The monoisotopic (exact) mass is 456 g/mol. The topological polar surface area (TPSA) is 84.5 Å². The number of carbonyl (C=O) groups excluding carboxylic acids is 1. The molecule has 2 N–H and O–H groups in total. The molecule has 0 bridgehead atoms. The molecule has 0 aliphatic heterocycles. The van der Waals surface area contributed by atoms with Gasteiger partial charge in [-0.15, -0.1) is 0 Å². The van der Waals surface area contributed by atoms with Gasteiger partial charge in [-0.1, -0.05) is 36.4 Å². The van der Waals surface area contributed by atoms with E-state index in [4.69, 9.17) is 4.74 Å². The van der Waals surface area contributed by atoms with Gasteiger partial charge in [-0.25, -0.2) is 12.8 Å². The second kappa shape index (κ2) is 9.93. The molecule has 0 radical (unpaired) electrons. The number of hydrogen-bond donors (Lipinski definition) is 2. The van der Waals surface area contributed by atoms with Crippen LogP contribution in [0.5, 0.6) is 5.75 Å². The van der Waals surface area contributed by atoms with E-state index >= 15 is 0 Å². The highest BCUT2D eigenvalue weighted by Crippen LogP contribution is 2.22. The molecule has 1 atom stereocenters. The van der Waals surface area contributed by atoms with Crippen LogP contribution in [-0.4, -0.2) is 27.5 Å². The molecule has 3 aromatic carbocycles. The van der Waals surface area contributed by atoms with Crippen molar-refractivity contribution >= 4 is 21.6 Å². The van der Waals surface area contributed by atoms with Crippen LogP contribution in [0.1, 0.15) is 16.7 Å². The minimum absolute atomic E-state index is 0.0172. The van der Waals surface area contributed by atoms with Crippen LogP contribution < -0.4 is 14.8 Å². The van der Waals surface area contributed by atoms with E-state index in [9.17, 15) is 17.6 Å². The molecule has 168 valence electrons. The van der Waals surface area contributed by atoms with Crippen molar-refractivity contribution in [2.45, 2.75) is 31.2 Å². The SMILES string of the molecule is COc1ccc(S(=O)(=O)N[C@@H](Cc2ccccc2)C(=O)Nc2cc(F)ccc2C)cc1C. The summed E-state index contributed by atoms with van der Waals surface area (Å²) in [5.41, 5.74) is 2.37. The van der Waals surface area contributed by atoms with Crippen molar-refractivity contribution in [3.8, 4) is 5.75 Å². The lowest BCUT2D eigenvalue weighted by Gasteiger charge is -2.20. The Kier molecular flexibility index (Phi) is 7.27. The summed E-state index contributed by atoms with van der Waals surface area (Å²) < 4.78 is 47.5. The summed E-state index contributed by atoms with van der Waals surface area (Å²) in [7, 11) is -2.52. The molecular weight excluding hydrogens is 431 g/mol. The van der Waals surface area contributed by atoms with Crippen molar-refractivity contribution in [1.29, 1.82) is 0 Å². The maximum atomic E-state index is 13.7. The van der Waals surface area contributed by atoms with Crippen molar-refractivity contribution < 1.29 is 22.3 Å². The maximum Gasteiger partial charge on any atom is 0.242 e. The third kappa shape index (κ3) is 5.72. The van der Waals surface area contributed by atoms with Gasteiger partial charge in [0.2, 0.25) is 15.9 Å². The molecule has 0 fully saturated rings. The average molecular weight is 457 g/mol. The normalized spacial score (nSPS) is 12.2. The largest absolute Gasteiger partial charge is 0.496 e. The molecular formula is C24H25FN2O4S. The first-order valence-electron chi connectivity index (χ1n) is 9.97. The third-order valence-corrected chi connectivity index (χ3v) is 6.50. The first kappa shape index (κ1) is 23.4. The van der Waals surface area contributed by atoms with Gasteiger partial charge in [0.1, 0.15) is 17.6 Å². The molecule has 0 aliphatic carbocycles. The van der Waals surface area contributed by atoms with Crippen molar-refractivity contribution in [3.63, 3.8) is 0 Å². The Hall–Kier alpha value is -3.23. The van der Waals surface area contributed by atoms with E-state index in [0.29, 0.717) is 16.9 Å². The molecule has 0 spiro atoms. The van der Waals surface area contributed by atoms with Crippen LogP contribution in [0.2, 0.25) is 0 Å². The molecule has 0 unspecified atom stereocenters. The van der Waals surface area contributed by atoms with E-state index in [1.807, 2.05) is 18.2 Å². The van der Waals surface area contributed by atoms with Gasteiger partial charge < -0.3 is 10.1 Å². The minimum atomic E-state index is -4.02. The number of anilines is 1. The highest BCUT2D eigenvalue weighted by atomic mass is 32.2. The standard InChI is InChI=1S/C24H25FN2O4S/c1-16-9-10-19(25)15-21(16)26-24(28)22(14-18-7-5-4-6-8-18)27-32(29,30)20-11-12-23(31-3)17(2)13-20/h4-13,15,22,27H,14H2,1-3H3,(H,26,28)/t22-/m0/s1. The number of amides is 1. The van der Waals surface area contributed by atoms with Crippen molar-refractivity contribution in [3.05, 3.63) is 89.2 Å². The smallest absolute Gasteiger partial charge is 0.242 e. The second-order valence-electron chi connectivity index (χ2n) is 7.44. The van der Waals surface area contributed by atoms with Crippen LogP contribution in [0, 0.1) is 19.7 Å². The molecule has 32 heavy (non-hydrogen) atoms. The number of sulfonamides is 1. The number of ether oxygens (including phenoxy) is 1. The molecule has 6 nitrogen and oxygen atoms in total. The Morgan fingerprint density at radius 1 is 1.00 bits per heavy atom. The van der Waals surface area contributed by atoms with Gasteiger partial charge in [-0.2, -0.15) is 4.72 Å². The number of nitrogens with one attached hydrogen (secondary N) is 2. The summed E-state index contributed by atoms with van der Waals surface area (Å²) in [5, 5.41) is 2.65. The van der Waals surface area contributed by atoms with Gasteiger partial charge in [0, 0.05) is 5.69 Å². The van der Waals surface area contributed by atoms with Crippen LogP contribution in [0.15, 0.2) is 71.6 Å². The number of aryl methyl sites for hydroxylation is 2. The van der Waals surface area contributed by atoms with Crippen molar-refractivity contribution in [2.75, 3.05) is 12.4 Å². The highest BCUT2D eigenvalue weighted by molar-refractivity contribution is 7.89. The number of hydrogen-bond acceptors (Lipinski definition) is 4. The zero-order valence-electron chi connectivity index (χ0n) is 18.1. The van der Waals surface area contributed by atoms with E-state index in [1.165, 1.54) is 31.4 Å². The number of benzene rings is 3. The van der Waals surface area contributed by atoms with Gasteiger partial charge in [0.25, 0.3) is 0 Å². The van der Waals surface area contributed by atoms with Gasteiger partial charge in [0.05, 0.1) is 12.0 Å². The first-order chi connectivity index (χ1) is 15.2. The van der Waals surface area contributed by atoms with Gasteiger partial charge in [-0.3, -0.25) is 4.79 Å². The Labute approximate surface area is 187 Å². The predicted molar refractivity (Wildman–Crippen MR) is 122 cm³/mol. The molecule has 1 amide bonds. The van der Waals surface area contributed by atoms with E-state index in [0.717, 1.165) is 5.56 Å². The fourth-order valence-electron chi connectivity index (χ4n) is 3.26. The minimum Gasteiger partial charge on any atom is -0.496 e. The summed E-state index contributed by atoms with van der Waals surface area (Å²) in [6.07, 6.45) is 0.120. The number of carbonyl (C=O) groups is 1. The molecule has 0 aromatic heterocycles. The molecule has 8 heteroatoms. The summed E-state index contributed by atoms with van der Waals surface area (Å²) in [4.78, 5) is 13.1. The molecule has 0 saturated heterocycles. The Morgan fingerprint density at radius 2 is 1.72 bits per heavy atom. The van der Waals surface area contributed by atoms with Gasteiger partial charge in [-0.05, 0) is 67.3 Å². The summed E-state index contributed by atoms with van der Waals surface area (Å²) >= 11 is 0. The summed E-state index contributed by atoms with van der Waals surface area (Å²) in [5.74, 6) is -0.528. The van der Waals surface area contributed by atoms with E-state index in [-0.39, 0.29) is 17.0 Å². The zero-order valence-corrected chi connectivity index (χ0v) is 18.9. The molecule has 3 aromatic rings. The highest BCUT2D eigenvalue weighted by Gasteiger charge is 2.27. The number of methoxy groups -OCH3 is 1. The quantitative estimate of drug-likeness (QED) is 0.537. The fourth-order valence-corrected chi connectivity index (χ4v) is 4.54. The zero-order chi connectivity index (χ0) is 23.3. The Balaban J connectivity index is 1.90. The van der Waals surface area contributed by atoms with Crippen LogP contribution in [0.25, 0.3) is 0 Å². The average Bonchev–Trinajstić information content (AvgIpc) is 2.76. The maximum absolute atomic E-state index is 13.7. The van der Waals surface area contributed by atoms with Crippen molar-refractivity contribution in [2.24, 2.45) is 0 Å². The first-order valence-corrected chi connectivity index (χ1v) is 11.5. The number of halogens is 1. The van der Waals surface area contributed by atoms with E-state index in [2.05, 4.69) is 10.0 Å². The van der Waals surface area contributed by atoms with E-state index < -0.39 is 27.8 Å². The van der Waals surface area contributed by atoms with Crippen LogP contribution in [0.3, 0.4) is 0 Å². The lowest BCUT2D eigenvalue weighted by Crippen LogP contribution is -2.45. The molecule has 0 saturated carbocycles. The number of rotatable bonds is 8. The lowest BCUT2D eigenvalue weighted by atomic mass is 10.1. The Morgan fingerprint density at radius 3 is 2.38 bits per heavy atom. The molecule has 3 rings (SSSR count).